The molecule has 2 nitrogen and oxygen atoms in total. The van der Waals surface area contributed by atoms with Crippen molar-refractivity contribution in [2.75, 3.05) is 5.73 Å². The number of phenols is 1. The van der Waals surface area contributed by atoms with Gasteiger partial charge in [-0.25, -0.2) is 0 Å². The molecule has 2 aromatic rings. The van der Waals surface area contributed by atoms with Crippen molar-refractivity contribution < 1.29 is 5.11 Å². The first kappa shape index (κ1) is 8.84. The van der Waals surface area contributed by atoms with E-state index < -0.39 is 0 Å². The van der Waals surface area contributed by atoms with Crippen LogP contribution >= 0.6 is 27.3 Å². The molecule has 0 spiro atoms. The molecule has 0 saturated heterocycles. The number of benzene rings is 1. The summed E-state index contributed by atoms with van der Waals surface area (Å²) in [4.78, 5) is 1.22. The molecule has 0 radical (unpaired) electrons. The molecule has 13 heavy (non-hydrogen) atoms. The van der Waals surface area contributed by atoms with Crippen LogP contribution in [-0.4, -0.2) is 5.11 Å². The molecule has 0 aliphatic carbocycles. The van der Waals surface area contributed by atoms with Gasteiger partial charge in [-0.15, -0.1) is 11.3 Å². The predicted octanol–water partition coefficient (Wildman–Crippen LogP) is 3.08. The first-order chi connectivity index (χ1) is 6.22. The number of rotatable bonds is 1. The van der Waals surface area contributed by atoms with Crippen molar-refractivity contribution in [3.05, 3.63) is 23.1 Å². The Kier molecular flexibility index (Phi) is 2.17. The summed E-state index contributed by atoms with van der Waals surface area (Å²) in [6.45, 7) is 0. The minimum Gasteiger partial charge on any atom is -0.506 e. The number of hydrogen-bond acceptors (Lipinski definition) is 3. The van der Waals surface area contributed by atoms with Crippen molar-refractivity contribution in [2.24, 2.45) is 0 Å². The molecule has 0 aliphatic rings. The van der Waals surface area contributed by atoms with Gasteiger partial charge in [-0.1, -0.05) is 15.9 Å². The number of aromatic hydroxyl groups is 1. The highest BCUT2D eigenvalue weighted by Gasteiger charge is 2.06. The van der Waals surface area contributed by atoms with Crippen LogP contribution < -0.4 is 5.73 Å². The quantitative estimate of drug-likeness (QED) is 0.469. The van der Waals surface area contributed by atoms with Crippen LogP contribution in [0.1, 0.15) is 4.88 Å². The number of alkyl halides is 1. The van der Waals surface area contributed by atoms with Crippen molar-refractivity contribution in [3.63, 3.8) is 0 Å². The largest absolute Gasteiger partial charge is 0.506 e. The minimum atomic E-state index is 0.162. The van der Waals surface area contributed by atoms with Crippen LogP contribution in [0.5, 0.6) is 5.75 Å². The van der Waals surface area contributed by atoms with Crippen LogP contribution in [0.3, 0.4) is 0 Å². The third-order valence-electron chi connectivity index (χ3n) is 1.88. The van der Waals surface area contributed by atoms with Crippen LogP contribution in [0.15, 0.2) is 18.2 Å². The van der Waals surface area contributed by atoms with Crippen LogP contribution in [0.25, 0.3) is 10.1 Å². The Labute approximate surface area is 88.1 Å². The Balaban J connectivity index is 2.76. The maximum Gasteiger partial charge on any atom is 0.139 e. The van der Waals surface area contributed by atoms with Gasteiger partial charge in [0.25, 0.3) is 0 Å². The number of nitrogens with two attached hydrogens (primary N) is 1. The topological polar surface area (TPSA) is 46.2 Å². The molecule has 0 saturated carbocycles. The highest BCUT2D eigenvalue weighted by molar-refractivity contribution is 9.08. The van der Waals surface area contributed by atoms with Gasteiger partial charge in [0.05, 0.1) is 10.4 Å². The van der Waals surface area contributed by atoms with Crippen LogP contribution in [0, 0.1) is 0 Å². The number of fused-ring (bicyclic) bond motifs is 1. The number of anilines is 1. The lowest BCUT2D eigenvalue weighted by molar-refractivity contribution is 0.479. The number of nitrogen functional groups attached to an aromatic ring is 1. The molecule has 0 bridgehead atoms. The van der Waals surface area contributed by atoms with E-state index in [0.717, 1.165) is 15.4 Å². The van der Waals surface area contributed by atoms with Gasteiger partial charge in [-0.3, -0.25) is 0 Å². The number of halogens is 1. The van der Waals surface area contributed by atoms with E-state index in [-0.39, 0.29) is 5.75 Å². The van der Waals surface area contributed by atoms with Gasteiger partial charge in [0.15, 0.2) is 0 Å². The average molecular weight is 258 g/mol. The summed E-state index contributed by atoms with van der Waals surface area (Å²) in [5, 5.41) is 11.3. The Morgan fingerprint density at radius 2 is 2.23 bits per heavy atom. The van der Waals surface area contributed by atoms with E-state index in [1.807, 2.05) is 6.07 Å². The molecule has 0 unspecified atom stereocenters. The van der Waals surface area contributed by atoms with E-state index in [2.05, 4.69) is 22.0 Å². The molecule has 1 aromatic heterocycles. The summed E-state index contributed by atoms with van der Waals surface area (Å²) < 4.78 is 0.967. The molecule has 0 aliphatic heterocycles. The summed E-state index contributed by atoms with van der Waals surface area (Å²) in [5.41, 5.74) is 6.21. The lowest BCUT2D eigenvalue weighted by atomic mass is 10.2. The zero-order valence-corrected chi connectivity index (χ0v) is 9.15. The lowest BCUT2D eigenvalue weighted by Crippen LogP contribution is -1.84. The third-order valence-corrected chi connectivity index (χ3v) is 4.04. The second-order valence-corrected chi connectivity index (χ2v) is 4.46. The van der Waals surface area contributed by atoms with Gasteiger partial charge in [0, 0.05) is 10.2 Å². The Morgan fingerprint density at radius 3 is 2.92 bits per heavy atom. The molecule has 0 fully saturated rings. The Hall–Kier alpha value is -0.740. The number of phenolic OH excluding ortho intramolecular Hbond substituents is 1. The molecule has 1 heterocycles. The molecular formula is C9H8BrNOS. The first-order valence-electron chi connectivity index (χ1n) is 3.78. The molecule has 1 aromatic carbocycles. The van der Waals surface area contributed by atoms with E-state index in [0.29, 0.717) is 5.69 Å². The van der Waals surface area contributed by atoms with Gasteiger partial charge >= 0.3 is 0 Å². The molecule has 0 atom stereocenters. The first-order valence-corrected chi connectivity index (χ1v) is 5.72. The van der Waals surface area contributed by atoms with Crippen LogP contribution in [-0.2, 0) is 5.33 Å². The predicted molar refractivity (Wildman–Crippen MR) is 60.5 cm³/mol. The Bertz CT molecular complexity index is 452. The zero-order chi connectivity index (χ0) is 9.42. The second kappa shape index (κ2) is 3.20. The fourth-order valence-corrected chi connectivity index (χ4v) is 2.70. The monoisotopic (exact) mass is 257 g/mol. The van der Waals surface area contributed by atoms with Gasteiger partial charge in [-0.05, 0) is 23.6 Å². The molecule has 4 heteroatoms. The normalized spacial score (nSPS) is 10.8. The van der Waals surface area contributed by atoms with E-state index >= 15 is 0 Å². The third kappa shape index (κ3) is 1.40. The van der Waals surface area contributed by atoms with E-state index in [1.165, 1.54) is 4.88 Å². The average Bonchev–Trinajstić information content (AvgIpc) is 2.55. The smallest absolute Gasteiger partial charge is 0.139 e. The summed E-state index contributed by atoms with van der Waals surface area (Å²) in [6.07, 6.45) is 0. The summed E-state index contributed by atoms with van der Waals surface area (Å²) in [7, 11) is 0. The molecular weight excluding hydrogens is 250 g/mol. The van der Waals surface area contributed by atoms with Crippen LogP contribution in [0.2, 0.25) is 0 Å². The maximum absolute atomic E-state index is 9.37. The van der Waals surface area contributed by atoms with Crippen molar-refractivity contribution in [2.45, 2.75) is 5.33 Å². The fourth-order valence-electron chi connectivity index (χ4n) is 1.23. The number of thiophene rings is 1. The van der Waals surface area contributed by atoms with E-state index in [4.69, 9.17) is 5.73 Å². The van der Waals surface area contributed by atoms with Crippen LogP contribution in [0.4, 0.5) is 5.69 Å². The second-order valence-electron chi connectivity index (χ2n) is 2.76. The molecule has 0 amide bonds. The Morgan fingerprint density at radius 1 is 1.46 bits per heavy atom. The van der Waals surface area contributed by atoms with Crippen molar-refractivity contribution >= 4 is 43.0 Å². The maximum atomic E-state index is 9.37. The van der Waals surface area contributed by atoms with Crippen molar-refractivity contribution in [1.29, 1.82) is 0 Å². The minimum absolute atomic E-state index is 0.162. The lowest BCUT2D eigenvalue weighted by Gasteiger charge is -1.97. The fraction of sp³-hybridized carbons (Fsp3) is 0.111. The van der Waals surface area contributed by atoms with E-state index in [9.17, 15) is 5.11 Å². The zero-order valence-electron chi connectivity index (χ0n) is 6.75. The summed E-state index contributed by atoms with van der Waals surface area (Å²) >= 11 is 4.99. The molecule has 2 rings (SSSR count). The molecule has 3 N–H and O–H groups in total. The summed E-state index contributed by atoms with van der Waals surface area (Å²) in [6, 6.07) is 5.58. The van der Waals surface area contributed by atoms with Crippen molar-refractivity contribution in [1.82, 2.24) is 0 Å². The van der Waals surface area contributed by atoms with Crippen molar-refractivity contribution in [3.8, 4) is 5.75 Å². The highest BCUT2D eigenvalue weighted by Crippen LogP contribution is 2.36. The van der Waals surface area contributed by atoms with Gasteiger partial charge < -0.3 is 10.8 Å². The summed E-state index contributed by atoms with van der Waals surface area (Å²) in [5.74, 6) is 0.162. The standard InChI is InChI=1S/C9H8BrNOS/c10-4-6-3-5-1-2-7(12)8(11)9(5)13-6/h1-3,12H,4,11H2. The van der Waals surface area contributed by atoms with Gasteiger partial charge in [-0.2, -0.15) is 0 Å². The number of hydrogen-bond donors (Lipinski definition) is 2. The van der Waals surface area contributed by atoms with Gasteiger partial charge in [0.2, 0.25) is 0 Å². The van der Waals surface area contributed by atoms with E-state index in [1.54, 1.807) is 17.4 Å². The SMILES string of the molecule is Nc1c(O)ccc2cc(CBr)sc12. The molecule has 68 valence electrons. The van der Waals surface area contributed by atoms with Gasteiger partial charge in [0.1, 0.15) is 5.75 Å². The highest BCUT2D eigenvalue weighted by atomic mass is 79.9.